The third-order valence-electron chi connectivity index (χ3n) is 3.60. The van der Waals surface area contributed by atoms with Gasteiger partial charge in [0.05, 0.1) is 6.20 Å². The fourth-order valence-electron chi connectivity index (χ4n) is 2.27. The van der Waals surface area contributed by atoms with Gasteiger partial charge in [-0.15, -0.1) is 5.10 Å². The van der Waals surface area contributed by atoms with Crippen LogP contribution in [0.5, 0.6) is 0 Å². The minimum atomic E-state index is 0.410. The number of aromatic nitrogens is 3. The third-order valence-corrected chi connectivity index (χ3v) is 4.24. The molecule has 0 spiro atoms. The van der Waals surface area contributed by atoms with Crippen LogP contribution < -0.4 is 10.6 Å². The van der Waals surface area contributed by atoms with Crippen molar-refractivity contribution in [2.24, 2.45) is 0 Å². The summed E-state index contributed by atoms with van der Waals surface area (Å²) in [5.74, 6) is 1.06. The van der Waals surface area contributed by atoms with Crippen LogP contribution in [0, 0.1) is 6.92 Å². The second-order valence-corrected chi connectivity index (χ2v) is 6.40. The topological polar surface area (TPSA) is 62.7 Å². The lowest BCUT2D eigenvalue weighted by molar-refractivity contribution is 0.950. The zero-order valence-corrected chi connectivity index (χ0v) is 15.1. The van der Waals surface area contributed by atoms with Gasteiger partial charge in [-0.2, -0.15) is 10.1 Å². The fourth-order valence-corrected chi connectivity index (χ4v) is 2.66. The van der Waals surface area contributed by atoms with Crippen LogP contribution in [0.2, 0.25) is 10.0 Å². The molecule has 0 aliphatic heterocycles. The van der Waals surface area contributed by atoms with Crippen LogP contribution >= 0.6 is 23.2 Å². The van der Waals surface area contributed by atoms with Gasteiger partial charge in [-0.05, 0) is 48.7 Å². The number of anilines is 3. The lowest BCUT2D eigenvalue weighted by atomic mass is 10.1. The highest BCUT2D eigenvalue weighted by Gasteiger charge is 2.03. The molecular weight excluding hydrogens is 357 g/mol. The van der Waals surface area contributed by atoms with Crippen molar-refractivity contribution < 1.29 is 0 Å². The molecule has 1 heterocycles. The van der Waals surface area contributed by atoms with E-state index in [1.165, 1.54) is 0 Å². The SMILES string of the molecule is Cc1ccc(Nc2nncc(NCCc3cccc(Cl)c3)n2)cc1Cl. The molecule has 0 fully saturated rings. The first kappa shape index (κ1) is 17.5. The maximum atomic E-state index is 6.13. The Kier molecular flexibility index (Phi) is 5.68. The Hall–Kier alpha value is -2.37. The van der Waals surface area contributed by atoms with Crippen molar-refractivity contribution in [3.8, 4) is 0 Å². The Morgan fingerprint density at radius 1 is 1.08 bits per heavy atom. The average Bonchev–Trinajstić information content (AvgIpc) is 2.59. The molecule has 0 amide bonds. The van der Waals surface area contributed by atoms with Crippen LogP contribution in [-0.2, 0) is 6.42 Å². The second kappa shape index (κ2) is 8.14. The lowest BCUT2D eigenvalue weighted by Gasteiger charge is -2.08. The Morgan fingerprint density at radius 2 is 1.96 bits per heavy atom. The molecular formula is C18H17Cl2N5. The van der Waals surface area contributed by atoms with Crippen LogP contribution in [0.15, 0.2) is 48.7 Å². The van der Waals surface area contributed by atoms with E-state index in [1.54, 1.807) is 6.20 Å². The molecule has 25 heavy (non-hydrogen) atoms. The largest absolute Gasteiger partial charge is 0.368 e. The molecule has 128 valence electrons. The molecule has 5 nitrogen and oxygen atoms in total. The molecule has 0 unspecified atom stereocenters. The highest BCUT2D eigenvalue weighted by molar-refractivity contribution is 6.31. The summed E-state index contributed by atoms with van der Waals surface area (Å²) in [6.45, 7) is 2.67. The van der Waals surface area contributed by atoms with E-state index in [0.717, 1.165) is 34.8 Å². The zero-order valence-electron chi connectivity index (χ0n) is 13.6. The lowest BCUT2D eigenvalue weighted by Crippen LogP contribution is -2.08. The van der Waals surface area contributed by atoms with Gasteiger partial charge >= 0.3 is 0 Å². The van der Waals surface area contributed by atoms with E-state index < -0.39 is 0 Å². The number of aryl methyl sites for hydroxylation is 1. The first-order valence-corrected chi connectivity index (χ1v) is 8.57. The van der Waals surface area contributed by atoms with E-state index in [-0.39, 0.29) is 0 Å². The average molecular weight is 374 g/mol. The minimum Gasteiger partial charge on any atom is -0.368 e. The number of hydrogen-bond acceptors (Lipinski definition) is 5. The van der Waals surface area contributed by atoms with Crippen molar-refractivity contribution in [2.45, 2.75) is 13.3 Å². The minimum absolute atomic E-state index is 0.410. The van der Waals surface area contributed by atoms with Crippen molar-refractivity contribution in [2.75, 3.05) is 17.2 Å². The maximum Gasteiger partial charge on any atom is 0.249 e. The van der Waals surface area contributed by atoms with Gasteiger partial charge in [0.2, 0.25) is 5.95 Å². The molecule has 0 saturated carbocycles. The summed E-state index contributed by atoms with van der Waals surface area (Å²) >= 11 is 12.1. The number of nitrogens with zero attached hydrogens (tertiary/aromatic N) is 3. The third kappa shape index (κ3) is 5.05. The van der Waals surface area contributed by atoms with Gasteiger partial charge in [0, 0.05) is 22.3 Å². The summed E-state index contributed by atoms with van der Waals surface area (Å²) in [6.07, 6.45) is 2.42. The van der Waals surface area contributed by atoms with Crippen LogP contribution in [0.4, 0.5) is 17.5 Å². The predicted molar refractivity (Wildman–Crippen MR) is 103 cm³/mol. The van der Waals surface area contributed by atoms with Gasteiger partial charge in [-0.1, -0.05) is 41.4 Å². The Bertz CT molecular complexity index is 870. The highest BCUT2D eigenvalue weighted by Crippen LogP contribution is 2.22. The molecule has 2 N–H and O–H groups in total. The number of halogens is 2. The fraction of sp³-hybridized carbons (Fsp3) is 0.167. The van der Waals surface area contributed by atoms with Gasteiger partial charge in [0.1, 0.15) is 0 Å². The zero-order chi connectivity index (χ0) is 17.6. The molecule has 0 bridgehead atoms. The number of benzene rings is 2. The summed E-state index contributed by atoms with van der Waals surface area (Å²) < 4.78 is 0. The summed E-state index contributed by atoms with van der Waals surface area (Å²) in [4.78, 5) is 4.40. The van der Waals surface area contributed by atoms with E-state index in [9.17, 15) is 0 Å². The first-order chi connectivity index (χ1) is 12.1. The van der Waals surface area contributed by atoms with Crippen molar-refractivity contribution in [1.82, 2.24) is 15.2 Å². The maximum absolute atomic E-state index is 6.13. The Labute approximate surface area is 156 Å². The number of rotatable bonds is 6. The molecule has 0 aliphatic carbocycles. The van der Waals surface area contributed by atoms with E-state index in [2.05, 4.69) is 25.8 Å². The summed E-state index contributed by atoms with van der Waals surface area (Å²) in [5.41, 5.74) is 2.99. The van der Waals surface area contributed by atoms with Gasteiger partial charge in [0.25, 0.3) is 0 Å². The van der Waals surface area contributed by atoms with Crippen molar-refractivity contribution >= 4 is 40.7 Å². The Morgan fingerprint density at radius 3 is 2.76 bits per heavy atom. The molecule has 0 atom stereocenters. The predicted octanol–water partition coefficient (Wildman–Crippen LogP) is 4.89. The standard InChI is InChI=1S/C18H17Cl2N5/c1-12-5-6-15(10-16(12)20)23-18-24-17(11-22-25-18)21-8-7-13-3-2-4-14(19)9-13/h2-6,9-11H,7-8H2,1H3,(H2,21,23,24,25). The van der Waals surface area contributed by atoms with Crippen molar-refractivity contribution in [1.29, 1.82) is 0 Å². The van der Waals surface area contributed by atoms with E-state index >= 15 is 0 Å². The first-order valence-electron chi connectivity index (χ1n) is 7.81. The Balaban J connectivity index is 1.60. The van der Waals surface area contributed by atoms with Crippen LogP contribution in [0.3, 0.4) is 0 Å². The van der Waals surface area contributed by atoms with Crippen LogP contribution in [0.25, 0.3) is 0 Å². The molecule has 3 aromatic rings. The molecule has 1 aromatic heterocycles. The molecule has 0 radical (unpaired) electrons. The van der Waals surface area contributed by atoms with Crippen LogP contribution in [0.1, 0.15) is 11.1 Å². The van der Waals surface area contributed by atoms with Crippen LogP contribution in [-0.4, -0.2) is 21.7 Å². The summed E-state index contributed by atoms with van der Waals surface area (Å²) in [5, 5.41) is 15.7. The van der Waals surface area contributed by atoms with Crippen molar-refractivity contribution in [3.05, 3.63) is 69.8 Å². The molecule has 2 aromatic carbocycles. The molecule has 3 rings (SSSR count). The van der Waals surface area contributed by atoms with E-state index in [4.69, 9.17) is 23.2 Å². The quantitative estimate of drug-likeness (QED) is 0.644. The van der Waals surface area contributed by atoms with Gasteiger partial charge in [-0.3, -0.25) is 0 Å². The molecule has 7 heteroatoms. The second-order valence-electron chi connectivity index (χ2n) is 5.56. The smallest absolute Gasteiger partial charge is 0.249 e. The van der Waals surface area contributed by atoms with Gasteiger partial charge in [0.15, 0.2) is 5.82 Å². The van der Waals surface area contributed by atoms with E-state index in [1.807, 2.05) is 49.4 Å². The highest BCUT2D eigenvalue weighted by atomic mass is 35.5. The monoisotopic (exact) mass is 373 g/mol. The van der Waals surface area contributed by atoms with Crippen molar-refractivity contribution in [3.63, 3.8) is 0 Å². The normalized spacial score (nSPS) is 10.5. The van der Waals surface area contributed by atoms with Gasteiger partial charge < -0.3 is 10.6 Å². The molecule has 0 aliphatic rings. The summed E-state index contributed by atoms with van der Waals surface area (Å²) in [6, 6.07) is 13.5. The van der Waals surface area contributed by atoms with E-state index in [0.29, 0.717) is 16.8 Å². The number of nitrogens with one attached hydrogen (secondary N) is 2. The number of hydrogen-bond donors (Lipinski definition) is 2. The van der Waals surface area contributed by atoms with Gasteiger partial charge in [-0.25, -0.2) is 0 Å². The summed E-state index contributed by atoms with van der Waals surface area (Å²) in [7, 11) is 0. The molecule has 0 saturated heterocycles.